The molecule has 0 heterocycles. The van der Waals surface area contributed by atoms with Gasteiger partial charge in [-0.2, -0.15) is 26.3 Å². The molecule has 0 aromatic carbocycles. The molecular weight excluding hydrogens is 189 g/mol. The van der Waals surface area contributed by atoms with Gasteiger partial charge in [-0.15, -0.1) is 0 Å². The van der Waals surface area contributed by atoms with E-state index in [1.165, 1.54) is 0 Å². The summed E-state index contributed by atoms with van der Waals surface area (Å²) in [5, 5.41) is 7.47. The standard InChI is InChI=1S/C3H2F6O.Na/c4-2(5,6)1(10)3(7,8)9;/h1,10H;. The van der Waals surface area contributed by atoms with Crippen molar-refractivity contribution in [2.45, 2.75) is 18.5 Å². The maximum Gasteiger partial charge on any atom is 0.423 e. The number of aliphatic hydroxyl groups is 1. The van der Waals surface area contributed by atoms with Gasteiger partial charge < -0.3 is 5.11 Å². The van der Waals surface area contributed by atoms with Crippen LogP contribution >= 0.6 is 0 Å². The van der Waals surface area contributed by atoms with Gasteiger partial charge in [0.15, 0.2) is 0 Å². The average Bonchev–Trinajstić information content (AvgIpc) is 1.59. The molecule has 0 aliphatic rings. The van der Waals surface area contributed by atoms with Gasteiger partial charge in [0.25, 0.3) is 0 Å². The van der Waals surface area contributed by atoms with Crippen molar-refractivity contribution in [3.63, 3.8) is 0 Å². The first-order valence-electron chi connectivity index (χ1n) is 1.97. The van der Waals surface area contributed by atoms with Gasteiger partial charge in [-0.05, 0) is 0 Å². The van der Waals surface area contributed by atoms with Gasteiger partial charge in [0.1, 0.15) is 0 Å². The van der Waals surface area contributed by atoms with Crippen molar-refractivity contribution >= 4 is 29.6 Å². The minimum atomic E-state index is -5.63. The number of hydrogen-bond donors (Lipinski definition) is 1. The van der Waals surface area contributed by atoms with Crippen LogP contribution in [0, 0.1) is 0 Å². The molecule has 0 unspecified atom stereocenters. The predicted octanol–water partition coefficient (Wildman–Crippen LogP) is 1.09. The summed E-state index contributed by atoms with van der Waals surface area (Å²) in [6.07, 6.45) is -15.5. The zero-order valence-electron chi connectivity index (χ0n) is 5.29. The van der Waals surface area contributed by atoms with E-state index in [9.17, 15) is 26.3 Å². The van der Waals surface area contributed by atoms with Gasteiger partial charge in [0, 0.05) is 29.6 Å². The van der Waals surface area contributed by atoms with E-state index in [1.807, 2.05) is 0 Å². The number of hydrogen-bond acceptors (Lipinski definition) is 1. The topological polar surface area (TPSA) is 20.2 Å². The molecule has 0 fully saturated rings. The van der Waals surface area contributed by atoms with Crippen molar-refractivity contribution in [3.05, 3.63) is 0 Å². The molecule has 0 rings (SSSR count). The van der Waals surface area contributed by atoms with E-state index in [2.05, 4.69) is 0 Å². The smallest absolute Gasteiger partial charge is 0.377 e. The fourth-order valence-electron chi connectivity index (χ4n) is 0.186. The van der Waals surface area contributed by atoms with Crippen molar-refractivity contribution in [2.24, 2.45) is 0 Å². The van der Waals surface area contributed by atoms with Gasteiger partial charge in [0.05, 0.1) is 0 Å². The molecule has 0 aromatic heterocycles. The Labute approximate surface area is 79.7 Å². The summed E-state index contributed by atoms with van der Waals surface area (Å²) in [6, 6.07) is 0. The van der Waals surface area contributed by atoms with Crippen LogP contribution in [0.15, 0.2) is 0 Å². The molecule has 0 aliphatic heterocycles. The Balaban J connectivity index is 0. The molecule has 1 nitrogen and oxygen atoms in total. The molecule has 0 aromatic rings. The van der Waals surface area contributed by atoms with Gasteiger partial charge in [-0.3, -0.25) is 0 Å². The number of halogens is 6. The molecule has 8 heteroatoms. The molecule has 0 aliphatic carbocycles. The molecule has 1 N–H and O–H groups in total. The van der Waals surface area contributed by atoms with Crippen LogP contribution in [-0.2, 0) is 0 Å². The minimum Gasteiger partial charge on any atom is -0.377 e. The van der Waals surface area contributed by atoms with E-state index in [0.29, 0.717) is 0 Å². The minimum absolute atomic E-state index is 0. The zero-order chi connectivity index (χ0) is 8.58. The molecule has 0 saturated heterocycles. The maximum atomic E-state index is 11.0. The summed E-state index contributed by atoms with van der Waals surface area (Å²) in [6.45, 7) is 0. The van der Waals surface area contributed by atoms with Crippen molar-refractivity contribution in [3.8, 4) is 0 Å². The van der Waals surface area contributed by atoms with Crippen LogP contribution in [0.2, 0.25) is 0 Å². The second kappa shape index (κ2) is 3.97. The maximum absolute atomic E-state index is 11.0. The average molecular weight is 191 g/mol. The number of alkyl halides is 6. The summed E-state index contributed by atoms with van der Waals surface area (Å²) in [7, 11) is 0. The van der Waals surface area contributed by atoms with Crippen molar-refractivity contribution in [1.82, 2.24) is 0 Å². The van der Waals surface area contributed by atoms with E-state index < -0.39 is 18.5 Å². The van der Waals surface area contributed by atoms with E-state index in [0.717, 1.165) is 0 Å². The third-order valence-corrected chi connectivity index (χ3v) is 0.620. The van der Waals surface area contributed by atoms with Crippen LogP contribution < -0.4 is 0 Å². The molecule has 0 bridgehead atoms. The first-order valence-corrected chi connectivity index (χ1v) is 1.97. The SMILES string of the molecule is OC(C(F)(F)F)C(F)(F)F.[Na]. The zero-order valence-corrected chi connectivity index (χ0v) is 7.29. The molecule has 0 spiro atoms. The number of rotatable bonds is 0. The van der Waals surface area contributed by atoms with Crippen LogP contribution in [0.1, 0.15) is 0 Å². The normalized spacial score (nSPS) is 13.1. The van der Waals surface area contributed by atoms with Crippen LogP contribution in [0.5, 0.6) is 0 Å². The Bertz CT molecular complexity index is 102. The van der Waals surface area contributed by atoms with E-state index in [-0.39, 0.29) is 29.6 Å². The van der Waals surface area contributed by atoms with Gasteiger partial charge in [0.2, 0.25) is 6.10 Å². The predicted molar refractivity (Wildman–Crippen MR) is 23.9 cm³/mol. The Kier molecular flexibility index (Phi) is 5.09. The first-order chi connectivity index (χ1) is 4.15. The molecule has 1 radical (unpaired) electrons. The van der Waals surface area contributed by atoms with E-state index in [1.54, 1.807) is 0 Å². The summed E-state index contributed by atoms with van der Waals surface area (Å²) in [5.74, 6) is 0. The number of aliphatic hydroxyl groups excluding tert-OH is 1. The van der Waals surface area contributed by atoms with Crippen LogP contribution in [0.3, 0.4) is 0 Å². The van der Waals surface area contributed by atoms with Gasteiger partial charge in [-0.1, -0.05) is 0 Å². The third kappa shape index (κ3) is 4.89. The summed E-state index contributed by atoms with van der Waals surface area (Å²) in [5.41, 5.74) is 0. The Morgan fingerprint density at radius 1 is 0.818 bits per heavy atom. The molecule has 63 valence electrons. The molecule has 0 amide bonds. The molecule has 11 heavy (non-hydrogen) atoms. The fourth-order valence-corrected chi connectivity index (χ4v) is 0.186. The fraction of sp³-hybridized carbons (Fsp3) is 1.00. The second-order valence-corrected chi connectivity index (χ2v) is 1.49. The Morgan fingerprint density at radius 3 is 1.00 bits per heavy atom. The van der Waals surface area contributed by atoms with Crippen molar-refractivity contribution < 1.29 is 31.4 Å². The van der Waals surface area contributed by atoms with E-state index >= 15 is 0 Å². The summed E-state index contributed by atoms with van der Waals surface area (Å²) in [4.78, 5) is 0. The summed E-state index contributed by atoms with van der Waals surface area (Å²) >= 11 is 0. The van der Waals surface area contributed by atoms with Crippen LogP contribution in [-0.4, -0.2) is 53.1 Å². The first kappa shape index (κ1) is 14.1. The quantitative estimate of drug-likeness (QED) is 0.448. The monoisotopic (exact) mass is 191 g/mol. The Hall–Kier alpha value is 0.540. The van der Waals surface area contributed by atoms with Gasteiger partial charge in [-0.25, -0.2) is 0 Å². The largest absolute Gasteiger partial charge is 0.423 e. The van der Waals surface area contributed by atoms with Gasteiger partial charge >= 0.3 is 12.4 Å². The van der Waals surface area contributed by atoms with Crippen molar-refractivity contribution in [1.29, 1.82) is 0 Å². The van der Waals surface area contributed by atoms with Crippen LogP contribution in [0.25, 0.3) is 0 Å². The summed E-state index contributed by atoms with van der Waals surface area (Å²) < 4.78 is 65.9. The van der Waals surface area contributed by atoms with E-state index in [4.69, 9.17) is 5.11 Å². The Morgan fingerprint density at radius 2 is 1.00 bits per heavy atom. The molecular formula is C3H2F6NaO. The molecule has 0 atom stereocenters. The molecule has 0 saturated carbocycles. The second-order valence-electron chi connectivity index (χ2n) is 1.49. The van der Waals surface area contributed by atoms with Crippen LogP contribution in [0.4, 0.5) is 26.3 Å². The third-order valence-electron chi connectivity index (χ3n) is 0.620. The van der Waals surface area contributed by atoms with Crippen molar-refractivity contribution in [2.75, 3.05) is 0 Å².